The molecular weight excluding hydrogens is 442 g/mol. The van der Waals surface area contributed by atoms with Crippen LogP contribution in [0.2, 0.25) is 0 Å². The van der Waals surface area contributed by atoms with Crippen LogP contribution in [0.15, 0.2) is 47.4 Å². The SMILES string of the molecule is CCN(CC)S(=O)(=O)c1ccc(N2CCOCC2)c(C(=O)NCCc2ccc(OC)cc2)c1. The standard InChI is InChI=1S/C24H33N3O5S/c1-4-27(5-2)33(29,30)21-10-11-23(26-14-16-32-17-15-26)22(18-21)24(28)25-13-12-19-6-8-20(31-3)9-7-19/h6-11,18H,4-5,12-17H2,1-3H3,(H,25,28). The Bertz CT molecular complexity index is 1030. The summed E-state index contributed by atoms with van der Waals surface area (Å²) >= 11 is 0. The molecule has 1 heterocycles. The number of ether oxygens (including phenoxy) is 2. The van der Waals surface area contributed by atoms with Gasteiger partial charge in [0, 0.05) is 38.4 Å². The summed E-state index contributed by atoms with van der Waals surface area (Å²) in [6.45, 7) is 7.20. The van der Waals surface area contributed by atoms with Crippen LogP contribution in [0.3, 0.4) is 0 Å². The second kappa shape index (κ2) is 11.5. The highest BCUT2D eigenvalue weighted by atomic mass is 32.2. The number of methoxy groups -OCH3 is 1. The maximum Gasteiger partial charge on any atom is 0.253 e. The number of carbonyl (C=O) groups excluding carboxylic acids is 1. The number of rotatable bonds is 10. The summed E-state index contributed by atoms with van der Waals surface area (Å²) in [5, 5.41) is 2.95. The van der Waals surface area contributed by atoms with Crippen molar-refractivity contribution in [2.24, 2.45) is 0 Å². The highest BCUT2D eigenvalue weighted by molar-refractivity contribution is 7.89. The molecule has 0 aliphatic carbocycles. The van der Waals surface area contributed by atoms with Crippen molar-refractivity contribution < 1.29 is 22.7 Å². The number of morpholine rings is 1. The molecular formula is C24H33N3O5S. The first-order valence-electron chi connectivity index (χ1n) is 11.3. The molecule has 33 heavy (non-hydrogen) atoms. The molecule has 1 fully saturated rings. The third kappa shape index (κ3) is 6.04. The molecule has 0 saturated carbocycles. The predicted molar refractivity (Wildman–Crippen MR) is 129 cm³/mol. The van der Waals surface area contributed by atoms with Crippen LogP contribution in [0.5, 0.6) is 5.75 Å². The molecule has 0 bridgehead atoms. The molecule has 2 aromatic carbocycles. The van der Waals surface area contributed by atoms with Gasteiger partial charge in [0.1, 0.15) is 5.75 Å². The Morgan fingerprint density at radius 1 is 1.09 bits per heavy atom. The maximum atomic E-state index is 13.2. The fourth-order valence-electron chi connectivity index (χ4n) is 3.86. The molecule has 3 rings (SSSR count). The van der Waals surface area contributed by atoms with Crippen LogP contribution in [0.1, 0.15) is 29.8 Å². The average molecular weight is 476 g/mol. The summed E-state index contributed by atoms with van der Waals surface area (Å²) in [5.41, 5.74) is 2.15. The normalized spacial score (nSPS) is 14.4. The zero-order chi connectivity index (χ0) is 23.8. The Morgan fingerprint density at radius 3 is 2.36 bits per heavy atom. The Morgan fingerprint density at radius 2 is 1.76 bits per heavy atom. The van der Waals surface area contributed by atoms with Gasteiger partial charge in [-0.3, -0.25) is 4.79 Å². The number of nitrogens with one attached hydrogen (secondary N) is 1. The fraction of sp³-hybridized carbons (Fsp3) is 0.458. The lowest BCUT2D eigenvalue weighted by Gasteiger charge is -2.30. The Balaban J connectivity index is 1.83. The van der Waals surface area contributed by atoms with E-state index in [0.717, 1.165) is 17.0 Å². The van der Waals surface area contributed by atoms with Crippen LogP contribution in [0.4, 0.5) is 5.69 Å². The van der Waals surface area contributed by atoms with Crippen LogP contribution >= 0.6 is 0 Å². The summed E-state index contributed by atoms with van der Waals surface area (Å²) in [7, 11) is -2.06. The number of anilines is 1. The van der Waals surface area contributed by atoms with Gasteiger partial charge in [0.15, 0.2) is 0 Å². The Kier molecular flexibility index (Phi) is 8.71. The molecule has 2 aromatic rings. The van der Waals surface area contributed by atoms with Gasteiger partial charge in [-0.15, -0.1) is 0 Å². The summed E-state index contributed by atoms with van der Waals surface area (Å²) in [5.74, 6) is 0.491. The van der Waals surface area contributed by atoms with E-state index < -0.39 is 10.0 Å². The van der Waals surface area contributed by atoms with Crippen LogP contribution < -0.4 is 15.0 Å². The number of nitrogens with zero attached hydrogens (tertiary/aromatic N) is 2. The number of carbonyl (C=O) groups is 1. The van der Waals surface area contributed by atoms with E-state index >= 15 is 0 Å². The van der Waals surface area contributed by atoms with Gasteiger partial charge in [0.05, 0.1) is 30.8 Å². The molecule has 0 spiro atoms. The summed E-state index contributed by atoms with van der Waals surface area (Å²) in [4.78, 5) is 15.4. The molecule has 1 aliphatic heterocycles. The van der Waals surface area contributed by atoms with E-state index in [9.17, 15) is 13.2 Å². The highest BCUT2D eigenvalue weighted by Crippen LogP contribution is 2.27. The van der Waals surface area contributed by atoms with Crippen molar-refractivity contribution in [3.63, 3.8) is 0 Å². The van der Waals surface area contributed by atoms with Crippen LogP contribution in [0.25, 0.3) is 0 Å². The molecule has 1 amide bonds. The number of hydrogen-bond acceptors (Lipinski definition) is 6. The molecule has 0 atom stereocenters. The predicted octanol–water partition coefficient (Wildman–Crippen LogP) is 2.53. The van der Waals surface area contributed by atoms with Gasteiger partial charge in [-0.2, -0.15) is 4.31 Å². The van der Waals surface area contributed by atoms with Crippen LogP contribution in [-0.2, 0) is 21.2 Å². The van der Waals surface area contributed by atoms with Crippen molar-refractivity contribution in [1.82, 2.24) is 9.62 Å². The van der Waals surface area contributed by atoms with Gasteiger partial charge < -0.3 is 19.7 Å². The number of amides is 1. The fourth-order valence-corrected chi connectivity index (χ4v) is 5.34. The molecule has 180 valence electrons. The minimum absolute atomic E-state index is 0.128. The van der Waals surface area contributed by atoms with Crippen molar-refractivity contribution in [3.05, 3.63) is 53.6 Å². The van der Waals surface area contributed by atoms with E-state index in [2.05, 4.69) is 10.2 Å². The van der Waals surface area contributed by atoms with Crippen molar-refractivity contribution in [3.8, 4) is 5.75 Å². The zero-order valence-corrected chi connectivity index (χ0v) is 20.4. The van der Waals surface area contributed by atoms with Gasteiger partial charge in [-0.05, 0) is 42.3 Å². The molecule has 8 nitrogen and oxygen atoms in total. The molecule has 1 aliphatic rings. The van der Waals surface area contributed by atoms with Gasteiger partial charge >= 0.3 is 0 Å². The van der Waals surface area contributed by atoms with Crippen LogP contribution in [0, 0.1) is 0 Å². The zero-order valence-electron chi connectivity index (χ0n) is 19.5. The van der Waals surface area contributed by atoms with E-state index in [0.29, 0.717) is 57.9 Å². The van der Waals surface area contributed by atoms with E-state index in [1.165, 1.54) is 10.4 Å². The van der Waals surface area contributed by atoms with Gasteiger partial charge in [-0.1, -0.05) is 26.0 Å². The number of hydrogen-bond donors (Lipinski definition) is 1. The third-order valence-electron chi connectivity index (χ3n) is 5.77. The molecule has 0 unspecified atom stereocenters. The summed E-state index contributed by atoms with van der Waals surface area (Å²) in [6, 6.07) is 12.5. The quantitative estimate of drug-likeness (QED) is 0.568. The lowest BCUT2D eigenvalue weighted by Crippen LogP contribution is -2.38. The molecule has 0 aromatic heterocycles. The second-order valence-corrected chi connectivity index (χ2v) is 9.66. The van der Waals surface area contributed by atoms with Crippen molar-refractivity contribution >= 4 is 21.6 Å². The monoisotopic (exact) mass is 475 g/mol. The Labute approximate surface area is 196 Å². The van der Waals surface area contributed by atoms with Crippen molar-refractivity contribution in [2.45, 2.75) is 25.2 Å². The maximum absolute atomic E-state index is 13.2. The smallest absolute Gasteiger partial charge is 0.253 e. The highest BCUT2D eigenvalue weighted by Gasteiger charge is 2.26. The van der Waals surface area contributed by atoms with Crippen molar-refractivity contribution in [1.29, 1.82) is 0 Å². The molecule has 9 heteroatoms. The first kappa shape index (κ1) is 25.0. The topological polar surface area (TPSA) is 88.2 Å². The minimum atomic E-state index is -3.68. The number of benzene rings is 2. The lowest BCUT2D eigenvalue weighted by molar-refractivity contribution is 0.0952. The van der Waals surface area contributed by atoms with Crippen molar-refractivity contribution in [2.75, 3.05) is 57.9 Å². The van der Waals surface area contributed by atoms with E-state index in [1.807, 2.05) is 24.3 Å². The van der Waals surface area contributed by atoms with Gasteiger partial charge in [0.25, 0.3) is 5.91 Å². The van der Waals surface area contributed by atoms with E-state index in [4.69, 9.17) is 9.47 Å². The summed E-state index contributed by atoms with van der Waals surface area (Å²) in [6.07, 6.45) is 0.653. The largest absolute Gasteiger partial charge is 0.497 e. The first-order valence-corrected chi connectivity index (χ1v) is 12.7. The summed E-state index contributed by atoms with van der Waals surface area (Å²) < 4.78 is 38.1. The van der Waals surface area contributed by atoms with E-state index in [1.54, 1.807) is 33.1 Å². The Hall–Kier alpha value is -2.62. The minimum Gasteiger partial charge on any atom is -0.497 e. The van der Waals surface area contributed by atoms with Crippen LogP contribution in [-0.4, -0.2) is 71.7 Å². The van der Waals surface area contributed by atoms with Gasteiger partial charge in [0.2, 0.25) is 10.0 Å². The lowest BCUT2D eigenvalue weighted by atomic mass is 10.1. The second-order valence-electron chi connectivity index (χ2n) is 7.72. The van der Waals surface area contributed by atoms with E-state index in [-0.39, 0.29) is 10.8 Å². The number of sulfonamides is 1. The molecule has 1 saturated heterocycles. The van der Waals surface area contributed by atoms with Gasteiger partial charge in [-0.25, -0.2) is 8.42 Å². The third-order valence-corrected chi connectivity index (χ3v) is 7.81. The molecule has 0 radical (unpaired) electrons. The average Bonchev–Trinajstić information content (AvgIpc) is 2.85. The first-order chi connectivity index (χ1) is 15.9. The molecule has 1 N–H and O–H groups in total.